The Bertz CT molecular complexity index is 695. The molecule has 6 nitrogen and oxygen atoms in total. The van der Waals surface area contributed by atoms with Gasteiger partial charge in [-0.15, -0.1) is 0 Å². The molecule has 0 aliphatic carbocycles. The largest absolute Gasteiger partial charge is 0.379 e. The van der Waals surface area contributed by atoms with Crippen molar-refractivity contribution in [1.29, 1.82) is 0 Å². The molecular formula is C19H27N5O. The lowest BCUT2D eigenvalue weighted by atomic mass is 10.1. The molecule has 2 aromatic heterocycles. The fourth-order valence-corrected chi connectivity index (χ4v) is 3.92. The highest BCUT2D eigenvalue weighted by Gasteiger charge is 2.25. The number of nitrogens with zero attached hydrogens (tertiary/aromatic N) is 5. The predicted octanol–water partition coefficient (Wildman–Crippen LogP) is 1.55. The lowest BCUT2D eigenvalue weighted by Crippen LogP contribution is -2.42. The van der Waals surface area contributed by atoms with E-state index in [-0.39, 0.29) is 0 Å². The van der Waals surface area contributed by atoms with Crippen LogP contribution in [0.2, 0.25) is 0 Å². The summed E-state index contributed by atoms with van der Waals surface area (Å²) in [5.74, 6) is 1.76. The number of hydrogen-bond acceptors (Lipinski definition) is 5. The van der Waals surface area contributed by atoms with E-state index < -0.39 is 0 Å². The first kappa shape index (κ1) is 16.7. The number of morpholine rings is 1. The average molecular weight is 341 g/mol. The summed E-state index contributed by atoms with van der Waals surface area (Å²) in [7, 11) is 0. The van der Waals surface area contributed by atoms with E-state index in [2.05, 4.69) is 55.7 Å². The highest BCUT2D eigenvalue weighted by molar-refractivity contribution is 5.10. The first-order valence-corrected chi connectivity index (χ1v) is 9.21. The van der Waals surface area contributed by atoms with Crippen LogP contribution < -0.4 is 0 Å². The Morgan fingerprint density at radius 2 is 2.04 bits per heavy atom. The SMILES string of the molecule is Cc1cccc(CN2Cc3nccn3C[C@H](CN3CCOCC3)C2)n1. The van der Waals surface area contributed by atoms with E-state index in [0.717, 1.165) is 76.2 Å². The molecule has 0 amide bonds. The summed E-state index contributed by atoms with van der Waals surface area (Å²) in [6.45, 7) is 10.9. The van der Waals surface area contributed by atoms with Crippen LogP contribution in [0.25, 0.3) is 0 Å². The van der Waals surface area contributed by atoms with Crippen LogP contribution in [0, 0.1) is 12.8 Å². The molecule has 4 heterocycles. The van der Waals surface area contributed by atoms with E-state index in [1.807, 2.05) is 6.20 Å². The number of pyridine rings is 1. The molecule has 2 aliphatic rings. The van der Waals surface area contributed by atoms with Gasteiger partial charge < -0.3 is 9.30 Å². The Kier molecular flexibility index (Phi) is 5.10. The van der Waals surface area contributed by atoms with Gasteiger partial charge in [-0.3, -0.25) is 14.8 Å². The Morgan fingerprint density at radius 1 is 1.16 bits per heavy atom. The third-order valence-corrected chi connectivity index (χ3v) is 5.09. The smallest absolute Gasteiger partial charge is 0.122 e. The van der Waals surface area contributed by atoms with Crippen molar-refractivity contribution >= 4 is 0 Å². The van der Waals surface area contributed by atoms with Gasteiger partial charge in [0, 0.05) is 63.3 Å². The van der Waals surface area contributed by atoms with Gasteiger partial charge in [0.05, 0.1) is 25.5 Å². The van der Waals surface area contributed by atoms with Crippen LogP contribution in [0.3, 0.4) is 0 Å². The molecule has 4 rings (SSSR count). The maximum absolute atomic E-state index is 5.49. The summed E-state index contributed by atoms with van der Waals surface area (Å²) in [6, 6.07) is 6.28. The van der Waals surface area contributed by atoms with E-state index in [4.69, 9.17) is 4.74 Å². The van der Waals surface area contributed by atoms with E-state index in [0.29, 0.717) is 5.92 Å². The molecule has 1 atom stereocenters. The monoisotopic (exact) mass is 341 g/mol. The molecule has 134 valence electrons. The van der Waals surface area contributed by atoms with Gasteiger partial charge >= 0.3 is 0 Å². The van der Waals surface area contributed by atoms with E-state index >= 15 is 0 Å². The van der Waals surface area contributed by atoms with Gasteiger partial charge in [-0.2, -0.15) is 0 Å². The molecule has 0 bridgehead atoms. The van der Waals surface area contributed by atoms with Gasteiger partial charge in [0.25, 0.3) is 0 Å². The second-order valence-electron chi connectivity index (χ2n) is 7.21. The quantitative estimate of drug-likeness (QED) is 0.844. The van der Waals surface area contributed by atoms with Crippen LogP contribution in [0.15, 0.2) is 30.6 Å². The van der Waals surface area contributed by atoms with Crippen LogP contribution in [0.1, 0.15) is 17.2 Å². The summed E-state index contributed by atoms with van der Waals surface area (Å²) < 4.78 is 7.82. The van der Waals surface area contributed by atoms with E-state index in [9.17, 15) is 0 Å². The molecule has 0 saturated carbocycles. The lowest BCUT2D eigenvalue weighted by molar-refractivity contribution is 0.0265. The summed E-state index contributed by atoms with van der Waals surface area (Å²) in [6.07, 6.45) is 4.05. The van der Waals surface area contributed by atoms with Crippen molar-refractivity contribution in [2.75, 3.05) is 39.4 Å². The zero-order valence-corrected chi connectivity index (χ0v) is 15.0. The molecule has 0 unspecified atom stereocenters. The number of fused-ring (bicyclic) bond motifs is 1. The molecule has 1 saturated heterocycles. The molecule has 0 N–H and O–H groups in total. The Morgan fingerprint density at radius 3 is 2.88 bits per heavy atom. The number of aryl methyl sites for hydroxylation is 1. The standard InChI is InChI=1S/C19H27N5O/c1-16-3-2-4-18(21-16)14-23-12-17(11-22-7-9-25-10-8-22)13-24-6-5-20-19(24)15-23/h2-6,17H,7-15H2,1H3/t17-/m1/s1. The second kappa shape index (κ2) is 7.64. The van der Waals surface area contributed by atoms with Crippen LogP contribution in [-0.2, 0) is 24.4 Å². The molecular weight excluding hydrogens is 314 g/mol. The molecule has 2 aromatic rings. The van der Waals surface area contributed by atoms with Crippen molar-refractivity contribution in [2.45, 2.75) is 26.6 Å². The second-order valence-corrected chi connectivity index (χ2v) is 7.21. The molecule has 0 spiro atoms. The average Bonchev–Trinajstić information content (AvgIpc) is 2.96. The van der Waals surface area contributed by atoms with Crippen LogP contribution in [-0.4, -0.2) is 63.7 Å². The highest BCUT2D eigenvalue weighted by Crippen LogP contribution is 2.19. The molecule has 2 aliphatic heterocycles. The number of imidazole rings is 1. The van der Waals surface area contributed by atoms with Crippen LogP contribution >= 0.6 is 0 Å². The topological polar surface area (TPSA) is 46.4 Å². The Hall–Kier alpha value is -1.76. The van der Waals surface area contributed by atoms with E-state index in [1.54, 1.807) is 0 Å². The summed E-state index contributed by atoms with van der Waals surface area (Å²) >= 11 is 0. The number of hydrogen-bond donors (Lipinski definition) is 0. The van der Waals surface area contributed by atoms with Crippen LogP contribution in [0.5, 0.6) is 0 Å². The van der Waals surface area contributed by atoms with Gasteiger partial charge in [0.15, 0.2) is 0 Å². The third kappa shape index (κ3) is 4.26. The van der Waals surface area contributed by atoms with Crippen molar-refractivity contribution in [1.82, 2.24) is 24.3 Å². The molecule has 0 aromatic carbocycles. The third-order valence-electron chi connectivity index (χ3n) is 5.09. The summed E-state index contributed by atoms with van der Waals surface area (Å²) in [5.41, 5.74) is 2.23. The first-order chi connectivity index (χ1) is 12.3. The molecule has 6 heteroatoms. The van der Waals surface area contributed by atoms with Crippen molar-refractivity contribution in [3.63, 3.8) is 0 Å². The number of aromatic nitrogens is 3. The molecule has 25 heavy (non-hydrogen) atoms. The highest BCUT2D eigenvalue weighted by atomic mass is 16.5. The summed E-state index contributed by atoms with van der Waals surface area (Å²) in [4.78, 5) is 14.3. The molecule has 1 fully saturated rings. The minimum atomic E-state index is 0.596. The minimum absolute atomic E-state index is 0.596. The fourth-order valence-electron chi connectivity index (χ4n) is 3.92. The molecule has 0 radical (unpaired) electrons. The Labute approximate surface area is 149 Å². The lowest BCUT2D eigenvalue weighted by Gasteiger charge is -2.31. The maximum Gasteiger partial charge on any atom is 0.122 e. The van der Waals surface area contributed by atoms with Gasteiger partial charge in [-0.25, -0.2) is 4.98 Å². The normalized spacial score (nSPS) is 22.5. The van der Waals surface area contributed by atoms with Crippen molar-refractivity contribution in [3.8, 4) is 0 Å². The maximum atomic E-state index is 5.49. The predicted molar refractivity (Wildman–Crippen MR) is 96.1 cm³/mol. The fraction of sp³-hybridized carbons (Fsp3) is 0.579. The van der Waals surface area contributed by atoms with Crippen molar-refractivity contribution in [3.05, 3.63) is 47.8 Å². The number of rotatable bonds is 4. The van der Waals surface area contributed by atoms with E-state index in [1.165, 1.54) is 0 Å². The van der Waals surface area contributed by atoms with Gasteiger partial charge in [-0.1, -0.05) is 6.07 Å². The zero-order chi connectivity index (χ0) is 17.1. The minimum Gasteiger partial charge on any atom is -0.379 e. The van der Waals surface area contributed by atoms with Crippen LogP contribution in [0.4, 0.5) is 0 Å². The Balaban J connectivity index is 1.48. The van der Waals surface area contributed by atoms with Gasteiger partial charge in [0.1, 0.15) is 5.82 Å². The van der Waals surface area contributed by atoms with Gasteiger partial charge in [-0.05, 0) is 19.1 Å². The van der Waals surface area contributed by atoms with Crippen molar-refractivity contribution < 1.29 is 4.74 Å². The van der Waals surface area contributed by atoms with Crippen molar-refractivity contribution in [2.24, 2.45) is 5.92 Å². The zero-order valence-electron chi connectivity index (χ0n) is 15.0. The van der Waals surface area contributed by atoms with Gasteiger partial charge in [0.2, 0.25) is 0 Å². The summed E-state index contributed by atoms with van der Waals surface area (Å²) in [5, 5.41) is 0. The first-order valence-electron chi connectivity index (χ1n) is 9.21. The number of ether oxygens (including phenoxy) is 1.